The van der Waals surface area contributed by atoms with E-state index in [4.69, 9.17) is 21.1 Å². The number of aromatic amines is 1. The summed E-state index contributed by atoms with van der Waals surface area (Å²) in [7, 11) is 1.62. The number of halogens is 2. The Morgan fingerprint density at radius 3 is 2.41 bits per heavy atom. The molecule has 3 aromatic carbocycles. The molecular formula is C33H26BrClN2O5S2. The van der Waals surface area contributed by atoms with Gasteiger partial charge in [0.1, 0.15) is 6.61 Å². The van der Waals surface area contributed by atoms with Crippen molar-refractivity contribution < 1.29 is 19.1 Å². The Labute approximate surface area is 275 Å². The molecule has 1 saturated heterocycles. The molecule has 8 rings (SSSR count). The maximum absolute atomic E-state index is 14.0. The van der Waals surface area contributed by atoms with Gasteiger partial charge < -0.3 is 14.5 Å². The van der Waals surface area contributed by atoms with E-state index in [2.05, 4.69) is 20.9 Å². The van der Waals surface area contributed by atoms with Gasteiger partial charge in [-0.25, -0.2) is 0 Å². The predicted octanol–water partition coefficient (Wildman–Crippen LogP) is 7.12. The fourth-order valence-electron chi connectivity index (χ4n) is 7.97. The van der Waals surface area contributed by atoms with Crippen LogP contribution in [0.5, 0.6) is 11.5 Å². The van der Waals surface area contributed by atoms with Gasteiger partial charge in [-0.05, 0) is 83.8 Å². The van der Waals surface area contributed by atoms with Crippen LogP contribution in [0.2, 0.25) is 5.02 Å². The number of nitrogens with one attached hydrogen (secondary N) is 1. The first-order valence-electron chi connectivity index (χ1n) is 14.4. The van der Waals surface area contributed by atoms with Gasteiger partial charge in [0, 0.05) is 25.5 Å². The second-order valence-electron chi connectivity index (χ2n) is 11.8. The van der Waals surface area contributed by atoms with E-state index in [1.807, 2.05) is 66.7 Å². The number of anilines is 1. The van der Waals surface area contributed by atoms with Gasteiger partial charge in [0.05, 0.1) is 29.7 Å². The quantitative estimate of drug-likeness (QED) is 0.215. The second-order valence-corrected chi connectivity index (χ2v) is 15.3. The van der Waals surface area contributed by atoms with E-state index in [1.165, 1.54) is 16.2 Å². The number of H-pyrrole nitrogens is 1. The molecule has 3 fully saturated rings. The summed E-state index contributed by atoms with van der Waals surface area (Å²) >= 11 is 12.4. The maximum Gasteiger partial charge on any atom is 0.305 e. The zero-order valence-electron chi connectivity index (χ0n) is 23.4. The van der Waals surface area contributed by atoms with Gasteiger partial charge in [0.15, 0.2) is 11.5 Å². The van der Waals surface area contributed by atoms with Gasteiger partial charge in [-0.15, -0.1) is 11.8 Å². The van der Waals surface area contributed by atoms with Crippen LogP contribution in [-0.2, 0) is 16.2 Å². The molecule has 2 aliphatic heterocycles. The summed E-state index contributed by atoms with van der Waals surface area (Å²) < 4.78 is 12.8. The first-order chi connectivity index (χ1) is 21.3. The van der Waals surface area contributed by atoms with Gasteiger partial charge in [-0.3, -0.25) is 19.3 Å². The standard InChI is InChI=1S/C33H26BrClN2O5S2/c1-41-23-12-16(4-11-22(23)42-14-15-2-7-18(35)8-3-15)24-25-20-13-21(28(25)43-30-29(24)44-33(40)36-30)27-26(20)31(38)37(32(27)39)19-9-5-17(34)6-10-19/h2-12,20-21,24-28H,13-14H2,1H3,(H,36,40)/t20?,21?,24-,25?,26?,27?,28?/m1/s1. The van der Waals surface area contributed by atoms with Crippen molar-refractivity contribution in [2.24, 2.45) is 29.6 Å². The Morgan fingerprint density at radius 2 is 1.68 bits per heavy atom. The number of aromatic nitrogens is 1. The van der Waals surface area contributed by atoms with E-state index >= 15 is 0 Å². The van der Waals surface area contributed by atoms with Crippen LogP contribution < -0.4 is 19.2 Å². The molecule has 11 heteroatoms. The molecule has 2 bridgehead atoms. The lowest BCUT2D eigenvalue weighted by molar-refractivity contribution is -0.123. The summed E-state index contributed by atoms with van der Waals surface area (Å²) in [6.07, 6.45) is 0.832. The molecule has 4 aromatic rings. The Kier molecular flexibility index (Phi) is 6.97. The summed E-state index contributed by atoms with van der Waals surface area (Å²) in [5, 5.41) is 1.65. The van der Waals surface area contributed by atoms with Crippen LogP contribution in [0, 0.1) is 29.6 Å². The number of ether oxygens (including phenoxy) is 2. The predicted molar refractivity (Wildman–Crippen MR) is 174 cm³/mol. The Hall–Kier alpha value is -3.05. The molecule has 2 saturated carbocycles. The van der Waals surface area contributed by atoms with Crippen molar-refractivity contribution in [3.63, 3.8) is 0 Å². The number of hydrogen-bond acceptors (Lipinski definition) is 7. The summed E-state index contributed by atoms with van der Waals surface area (Å²) in [6, 6.07) is 20.8. The van der Waals surface area contributed by atoms with Crippen molar-refractivity contribution in [3.05, 3.63) is 102 Å². The summed E-state index contributed by atoms with van der Waals surface area (Å²) in [5.74, 6) is 0.388. The van der Waals surface area contributed by atoms with E-state index in [0.717, 1.165) is 31.9 Å². The van der Waals surface area contributed by atoms with Crippen LogP contribution in [0.3, 0.4) is 0 Å². The third-order valence-corrected chi connectivity index (χ3v) is 13.0. The zero-order valence-corrected chi connectivity index (χ0v) is 27.3. The van der Waals surface area contributed by atoms with Crippen molar-refractivity contribution in [2.75, 3.05) is 12.0 Å². The highest BCUT2D eigenvalue weighted by molar-refractivity contribution is 9.10. The maximum atomic E-state index is 14.0. The third kappa shape index (κ3) is 4.40. The minimum Gasteiger partial charge on any atom is -0.493 e. The number of thioether (sulfide) groups is 1. The normalized spacial score (nSPS) is 28.2. The smallest absolute Gasteiger partial charge is 0.305 e. The fraction of sp³-hybridized carbons (Fsp3) is 0.303. The Bertz CT molecular complexity index is 1860. The lowest BCUT2D eigenvalue weighted by atomic mass is 9.68. The lowest BCUT2D eigenvalue weighted by Crippen LogP contribution is -2.42. The molecule has 6 unspecified atom stereocenters. The molecule has 224 valence electrons. The number of carbonyl (C=O) groups excluding carboxylic acids is 2. The largest absolute Gasteiger partial charge is 0.493 e. The number of methoxy groups -OCH3 is 1. The highest BCUT2D eigenvalue weighted by atomic mass is 79.9. The molecule has 0 radical (unpaired) electrons. The van der Waals surface area contributed by atoms with Crippen LogP contribution in [0.25, 0.3) is 0 Å². The monoisotopic (exact) mass is 708 g/mol. The lowest BCUT2D eigenvalue weighted by Gasteiger charge is -2.43. The Morgan fingerprint density at radius 1 is 0.955 bits per heavy atom. The molecule has 44 heavy (non-hydrogen) atoms. The minimum atomic E-state index is -0.360. The molecule has 7 nitrogen and oxygen atoms in total. The molecule has 2 amide bonds. The van der Waals surface area contributed by atoms with Gasteiger partial charge in [-0.2, -0.15) is 0 Å². The average molecular weight is 710 g/mol. The SMILES string of the molecule is COc1cc([C@H]2c3sc(=O)[nH]c3SC3C4CC(C5C(=O)N(c6ccc(Br)cc6)C(=O)C45)C32)ccc1OCc1ccc(Cl)cc1. The number of fused-ring (bicyclic) bond motifs is 9. The first-order valence-corrected chi connectivity index (χ1v) is 17.3. The van der Waals surface area contributed by atoms with E-state index in [1.54, 1.807) is 18.9 Å². The van der Waals surface area contributed by atoms with Gasteiger partial charge in [-0.1, -0.05) is 57.1 Å². The van der Waals surface area contributed by atoms with E-state index in [-0.39, 0.29) is 57.4 Å². The van der Waals surface area contributed by atoms with Crippen molar-refractivity contribution in [3.8, 4) is 11.5 Å². The van der Waals surface area contributed by atoms with Crippen molar-refractivity contribution in [1.82, 2.24) is 4.98 Å². The topological polar surface area (TPSA) is 88.7 Å². The third-order valence-electron chi connectivity index (χ3n) is 9.66. The fourth-order valence-corrected chi connectivity index (χ4v) is 11.3. The first kappa shape index (κ1) is 28.4. The highest BCUT2D eigenvalue weighted by Gasteiger charge is 2.69. The number of carbonyl (C=O) groups is 2. The summed E-state index contributed by atoms with van der Waals surface area (Å²) in [5.41, 5.74) is 2.61. The van der Waals surface area contributed by atoms with Crippen LogP contribution in [0.1, 0.15) is 28.3 Å². The molecule has 3 heterocycles. The van der Waals surface area contributed by atoms with Crippen molar-refractivity contribution in [1.29, 1.82) is 0 Å². The van der Waals surface area contributed by atoms with E-state index < -0.39 is 0 Å². The number of imide groups is 1. The minimum absolute atomic E-state index is 0.0292. The molecule has 2 aliphatic carbocycles. The van der Waals surface area contributed by atoms with Gasteiger partial charge >= 0.3 is 4.87 Å². The van der Waals surface area contributed by atoms with Crippen LogP contribution in [0.15, 0.2) is 81.0 Å². The summed E-state index contributed by atoms with van der Waals surface area (Å²) in [4.78, 5) is 45.8. The number of rotatable bonds is 6. The Balaban J connectivity index is 1.14. The number of thiazole rings is 1. The van der Waals surface area contributed by atoms with Crippen molar-refractivity contribution in [2.45, 2.75) is 29.2 Å². The number of nitrogens with zero attached hydrogens (tertiary/aromatic N) is 1. The zero-order chi connectivity index (χ0) is 30.3. The van der Waals surface area contributed by atoms with Gasteiger partial charge in [0.2, 0.25) is 11.8 Å². The molecule has 0 spiro atoms. The number of hydrogen-bond donors (Lipinski definition) is 1. The molecule has 1 N–H and O–H groups in total. The van der Waals surface area contributed by atoms with E-state index in [9.17, 15) is 14.4 Å². The van der Waals surface area contributed by atoms with Crippen LogP contribution in [0.4, 0.5) is 5.69 Å². The molecule has 7 atom stereocenters. The van der Waals surface area contributed by atoms with Crippen LogP contribution in [-0.4, -0.2) is 29.2 Å². The number of benzene rings is 3. The van der Waals surface area contributed by atoms with Crippen molar-refractivity contribution >= 4 is 68.1 Å². The van der Waals surface area contributed by atoms with Crippen LogP contribution >= 0.6 is 50.6 Å². The summed E-state index contributed by atoms with van der Waals surface area (Å²) in [6.45, 7) is 0.360. The highest BCUT2D eigenvalue weighted by Crippen LogP contribution is 2.68. The molecular weight excluding hydrogens is 684 g/mol. The van der Waals surface area contributed by atoms with Gasteiger partial charge in [0.25, 0.3) is 0 Å². The molecule has 4 aliphatic rings. The average Bonchev–Trinajstić information content (AvgIpc) is 3.76. The second kappa shape index (κ2) is 10.8. The molecule has 1 aromatic heterocycles. The van der Waals surface area contributed by atoms with E-state index in [0.29, 0.717) is 28.8 Å². The number of amides is 2.